The summed E-state index contributed by atoms with van der Waals surface area (Å²) in [7, 11) is 1.56. The summed E-state index contributed by atoms with van der Waals surface area (Å²) in [4.78, 5) is 4.60. The molecule has 0 spiro atoms. The van der Waals surface area contributed by atoms with Gasteiger partial charge in [0.2, 0.25) is 0 Å². The van der Waals surface area contributed by atoms with E-state index in [-0.39, 0.29) is 12.4 Å². The lowest BCUT2D eigenvalue weighted by Crippen LogP contribution is -2.39. The van der Waals surface area contributed by atoms with Gasteiger partial charge < -0.3 is 15.4 Å². The molecule has 25 heavy (non-hydrogen) atoms. The molecule has 2 N–H and O–H groups in total. The lowest BCUT2D eigenvalue weighted by Gasteiger charge is -2.15. The first-order valence-corrected chi connectivity index (χ1v) is 9.38. The average Bonchev–Trinajstić information content (AvgIpc) is 3.14. The summed E-state index contributed by atoms with van der Waals surface area (Å²) in [5.74, 6) is 0.931. The van der Waals surface area contributed by atoms with E-state index in [2.05, 4.69) is 39.4 Å². The molecule has 0 aliphatic heterocycles. The summed E-state index contributed by atoms with van der Waals surface area (Å²) in [5, 5.41) is 10.9. The number of methoxy groups -OCH3 is 1. The van der Waals surface area contributed by atoms with E-state index in [4.69, 9.17) is 4.74 Å². The molecule has 2 rings (SSSR count). The Hall–Kier alpha value is -1.92. The molecule has 0 saturated heterocycles. The molecular weight excluding hydrogens is 337 g/mol. The molecule has 1 heterocycles. The van der Waals surface area contributed by atoms with E-state index in [1.165, 1.54) is 11.6 Å². The van der Waals surface area contributed by atoms with E-state index in [1.54, 1.807) is 30.6 Å². The van der Waals surface area contributed by atoms with Crippen molar-refractivity contribution >= 4 is 17.3 Å². The summed E-state index contributed by atoms with van der Waals surface area (Å²) in [6.45, 7) is 6.57. The number of benzene rings is 1. The van der Waals surface area contributed by atoms with E-state index in [1.807, 2.05) is 6.92 Å². The van der Waals surface area contributed by atoms with Crippen LogP contribution in [0, 0.1) is 5.82 Å². The number of hydrogen-bond acceptors (Lipinski definition) is 3. The highest BCUT2D eigenvalue weighted by molar-refractivity contribution is 7.07. The fourth-order valence-corrected chi connectivity index (χ4v) is 3.21. The van der Waals surface area contributed by atoms with E-state index < -0.39 is 0 Å². The highest BCUT2D eigenvalue weighted by Crippen LogP contribution is 2.17. The zero-order valence-electron chi connectivity index (χ0n) is 15.0. The second-order valence-corrected chi connectivity index (χ2v) is 6.67. The molecule has 2 aromatic rings. The van der Waals surface area contributed by atoms with Gasteiger partial charge in [-0.25, -0.2) is 9.38 Å². The first-order chi connectivity index (χ1) is 12.1. The van der Waals surface area contributed by atoms with Crippen LogP contribution in [0.25, 0.3) is 0 Å². The van der Waals surface area contributed by atoms with Crippen molar-refractivity contribution in [3.8, 4) is 0 Å². The van der Waals surface area contributed by atoms with Gasteiger partial charge in [-0.2, -0.15) is 11.3 Å². The third-order valence-electron chi connectivity index (χ3n) is 3.86. The Morgan fingerprint density at radius 2 is 2.16 bits per heavy atom. The Balaban J connectivity index is 1.98. The predicted octanol–water partition coefficient (Wildman–Crippen LogP) is 3.89. The van der Waals surface area contributed by atoms with Gasteiger partial charge in [-0.3, -0.25) is 0 Å². The van der Waals surface area contributed by atoms with Crippen LogP contribution in [0.4, 0.5) is 4.39 Å². The van der Waals surface area contributed by atoms with Crippen LogP contribution in [0.5, 0.6) is 0 Å². The van der Waals surface area contributed by atoms with Gasteiger partial charge in [-0.1, -0.05) is 13.0 Å². The number of nitrogens with one attached hydrogen (secondary N) is 2. The largest absolute Gasteiger partial charge is 0.380 e. The Morgan fingerprint density at radius 3 is 2.84 bits per heavy atom. The second kappa shape index (κ2) is 10.2. The van der Waals surface area contributed by atoms with Crippen LogP contribution in [-0.4, -0.2) is 26.2 Å². The third kappa shape index (κ3) is 6.14. The van der Waals surface area contributed by atoms with Crippen LogP contribution in [-0.2, 0) is 17.9 Å². The van der Waals surface area contributed by atoms with Crippen molar-refractivity contribution in [2.75, 3.05) is 20.2 Å². The molecule has 0 saturated carbocycles. The molecule has 1 atom stereocenters. The lowest BCUT2D eigenvalue weighted by atomic mass is 10.1. The van der Waals surface area contributed by atoms with Crippen molar-refractivity contribution in [1.29, 1.82) is 0 Å². The van der Waals surface area contributed by atoms with E-state index >= 15 is 0 Å². The molecule has 4 nitrogen and oxygen atoms in total. The molecule has 0 aliphatic carbocycles. The van der Waals surface area contributed by atoms with Crippen LogP contribution < -0.4 is 10.6 Å². The summed E-state index contributed by atoms with van der Waals surface area (Å²) in [6.07, 6.45) is 0. The summed E-state index contributed by atoms with van der Waals surface area (Å²) < 4.78 is 18.7. The number of thiophene rings is 1. The van der Waals surface area contributed by atoms with Gasteiger partial charge in [0.05, 0.1) is 13.2 Å². The standard InChI is InChI=1S/C19H26FN3OS/c1-4-21-19(22-10-14(2)16-7-8-25-13-16)23-11-15-5-6-18(20)17(9-15)12-24-3/h5-9,13-14H,4,10-12H2,1-3H3,(H2,21,22,23). The smallest absolute Gasteiger partial charge is 0.191 e. The van der Waals surface area contributed by atoms with E-state index in [0.717, 1.165) is 24.6 Å². The molecule has 6 heteroatoms. The molecule has 0 fully saturated rings. The number of halogens is 1. The van der Waals surface area contributed by atoms with Crippen LogP contribution in [0.1, 0.15) is 36.5 Å². The number of nitrogens with zero attached hydrogens (tertiary/aromatic N) is 1. The Labute approximate surface area is 153 Å². The molecule has 0 bridgehead atoms. The molecule has 0 radical (unpaired) electrons. The predicted molar refractivity (Wildman–Crippen MR) is 103 cm³/mol. The quantitative estimate of drug-likeness (QED) is 0.552. The number of hydrogen-bond donors (Lipinski definition) is 2. The third-order valence-corrected chi connectivity index (χ3v) is 4.56. The Kier molecular flexibility index (Phi) is 7.88. The van der Waals surface area contributed by atoms with Crippen LogP contribution in [0.3, 0.4) is 0 Å². The minimum Gasteiger partial charge on any atom is -0.380 e. The van der Waals surface area contributed by atoms with Crippen molar-refractivity contribution in [3.63, 3.8) is 0 Å². The molecule has 1 aromatic heterocycles. The topological polar surface area (TPSA) is 45.7 Å². The van der Waals surface area contributed by atoms with Gasteiger partial charge in [-0.15, -0.1) is 0 Å². The van der Waals surface area contributed by atoms with Crippen molar-refractivity contribution in [2.45, 2.75) is 32.9 Å². The first-order valence-electron chi connectivity index (χ1n) is 8.44. The Bertz CT molecular complexity index is 673. The number of rotatable bonds is 8. The van der Waals surface area contributed by atoms with Gasteiger partial charge in [0.1, 0.15) is 5.82 Å². The van der Waals surface area contributed by atoms with Crippen LogP contribution in [0.2, 0.25) is 0 Å². The highest BCUT2D eigenvalue weighted by Gasteiger charge is 2.07. The van der Waals surface area contributed by atoms with Crippen molar-refractivity contribution < 1.29 is 9.13 Å². The van der Waals surface area contributed by atoms with Gasteiger partial charge in [0.15, 0.2) is 5.96 Å². The zero-order chi connectivity index (χ0) is 18.1. The van der Waals surface area contributed by atoms with E-state index in [9.17, 15) is 4.39 Å². The molecule has 1 aromatic carbocycles. The summed E-state index contributed by atoms with van der Waals surface area (Å²) in [6, 6.07) is 7.19. The van der Waals surface area contributed by atoms with Crippen LogP contribution >= 0.6 is 11.3 Å². The normalized spacial score (nSPS) is 12.9. The zero-order valence-corrected chi connectivity index (χ0v) is 15.8. The fourth-order valence-electron chi connectivity index (χ4n) is 2.43. The minimum absolute atomic E-state index is 0.246. The first kappa shape index (κ1) is 19.4. The summed E-state index contributed by atoms with van der Waals surface area (Å²) in [5.41, 5.74) is 2.84. The highest BCUT2D eigenvalue weighted by atomic mass is 32.1. The minimum atomic E-state index is -0.246. The SMILES string of the molecule is CCNC(=NCc1ccc(F)c(COC)c1)NCC(C)c1ccsc1. The lowest BCUT2D eigenvalue weighted by molar-refractivity contribution is 0.181. The number of aliphatic imine (C=N–C) groups is 1. The van der Waals surface area contributed by atoms with Gasteiger partial charge in [0, 0.05) is 25.8 Å². The molecule has 0 amide bonds. The van der Waals surface area contributed by atoms with Crippen LogP contribution in [0.15, 0.2) is 40.0 Å². The summed E-state index contributed by atoms with van der Waals surface area (Å²) >= 11 is 1.71. The van der Waals surface area contributed by atoms with Crippen molar-refractivity contribution in [3.05, 3.63) is 57.5 Å². The maximum absolute atomic E-state index is 13.7. The molecular formula is C19H26FN3OS. The van der Waals surface area contributed by atoms with Crippen molar-refractivity contribution in [1.82, 2.24) is 10.6 Å². The molecule has 1 unspecified atom stereocenters. The maximum Gasteiger partial charge on any atom is 0.191 e. The van der Waals surface area contributed by atoms with E-state index in [0.29, 0.717) is 18.0 Å². The second-order valence-electron chi connectivity index (χ2n) is 5.89. The fraction of sp³-hybridized carbons (Fsp3) is 0.421. The monoisotopic (exact) mass is 363 g/mol. The van der Waals surface area contributed by atoms with Gasteiger partial charge in [-0.05, 0) is 52.9 Å². The van der Waals surface area contributed by atoms with Crippen molar-refractivity contribution in [2.24, 2.45) is 4.99 Å². The molecule has 0 aliphatic rings. The number of ether oxygens (including phenoxy) is 1. The number of guanidine groups is 1. The van der Waals surface area contributed by atoms with Gasteiger partial charge >= 0.3 is 0 Å². The maximum atomic E-state index is 13.7. The molecule has 136 valence electrons. The van der Waals surface area contributed by atoms with Gasteiger partial charge in [0.25, 0.3) is 0 Å². The average molecular weight is 364 g/mol. The Morgan fingerprint density at radius 1 is 1.32 bits per heavy atom.